The van der Waals surface area contributed by atoms with E-state index in [0.717, 1.165) is 77.4 Å². The summed E-state index contributed by atoms with van der Waals surface area (Å²) < 4.78 is 9.38. The molecule has 12 rings (SSSR count). The van der Waals surface area contributed by atoms with E-state index < -0.39 is 5.41 Å². The molecule has 2 aliphatic carbocycles. The van der Waals surface area contributed by atoms with E-state index in [-0.39, 0.29) is 11.2 Å². The Labute approximate surface area is 360 Å². The summed E-state index contributed by atoms with van der Waals surface area (Å²) in [5.74, 6) is 2.86. The van der Waals surface area contributed by atoms with Crippen molar-refractivity contribution >= 4 is 43.7 Å². The molecule has 3 nitrogen and oxygen atoms in total. The maximum Gasteiger partial charge on any atom is 0.159 e. The number of phenols is 1. The van der Waals surface area contributed by atoms with Crippen LogP contribution in [0.4, 0.5) is 0 Å². The molecular weight excluding hydrogens is 755 g/mol. The first-order chi connectivity index (χ1) is 30.4. The molecule has 1 unspecified atom stereocenters. The molecule has 0 radical (unpaired) electrons. The number of hydrogen-bond donors (Lipinski definition) is 1. The maximum absolute atomic E-state index is 11.7. The highest BCUT2D eigenvalue weighted by atomic mass is 16.3. The van der Waals surface area contributed by atoms with Crippen LogP contribution in [0.15, 0.2) is 193 Å². The number of aromatic hydroxyl groups is 1. The highest BCUT2D eigenvalue weighted by molar-refractivity contribution is 6.17. The molecule has 0 saturated heterocycles. The number of allylic oxidation sites excluding steroid dienone is 4. The zero-order valence-electron chi connectivity index (χ0n) is 34.5. The van der Waals surface area contributed by atoms with Gasteiger partial charge >= 0.3 is 0 Å². The Bertz CT molecular complexity index is 3620. The third-order valence-electron chi connectivity index (χ3n) is 13.8. The number of phenolic OH excluding ortho intramolecular Hbond substituents is 1. The molecule has 0 amide bonds. The van der Waals surface area contributed by atoms with Crippen molar-refractivity contribution in [2.24, 2.45) is 0 Å². The van der Waals surface area contributed by atoms with Crippen molar-refractivity contribution in [3.8, 4) is 57.2 Å². The molecule has 0 saturated carbocycles. The second-order valence-corrected chi connectivity index (χ2v) is 17.3. The fourth-order valence-corrected chi connectivity index (χ4v) is 11.1. The van der Waals surface area contributed by atoms with Gasteiger partial charge in [-0.1, -0.05) is 165 Å². The van der Waals surface area contributed by atoms with Gasteiger partial charge in [0.25, 0.3) is 0 Å². The molecule has 1 N–H and O–H groups in total. The van der Waals surface area contributed by atoms with Crippen LogP contribution in [0.25, 0.3) is 82.8 Å². The molecule has 3 heteroatoms. The standard InChI is InChI=1S/C59H41NO2/c1-4-5-6-7-16-34-59(48-24-13-15-27-53(48)61)47-23-12-9-20-44(47)55-49(59)32-31-42-41-19-10-14-25-51(41)60(56(42)55)52-26-17-21-43-45-35-37(29-33-54(45)62-57(43)52)38-28-30-40-39-18-8-11-22-46(39)58(2,3)50(40)36-38/h1,5-33,35-36,61H,34H2,2-3H3/b6-5-,16-7-. The summed E-state index contributed by atoms with van der Waals surface area (Å²) >= 11 is 0. The van der Waals surface area contributed by atoms with Crippen molar-refractivity contribution < 1.29 is 9.52 Å². The van der Waals surface area contributed by atoms with Gasteiger partial charge in [0.15, 0.2) is 5.58 Å². The van der Waals surface area contributed by atoms with Gasteiger partial charge < -0.3 is 14.1 Å². The lowest BCUT2D eigenvalue weighted by Gasteiger charge is -2.32. The zero-order chi connectivity index (χ0) is 41.7. The second kappa shape index (κ2) is 13.4. The van der Waals surface area contributed by atoms with Crippen molar-refractivity contribution in [1.29, 1.82) is 0 Å². The Balaban J connectivity index is 1.09. The summed E-state index contributed by atoms with van der Waals surface area (Å²) in [5.41, 5.74) is 17.3. The Morgan fingerprint density at radius 3 is 2.16 bits per heavy atom. The first-order valence-electron chi connectivity index (χ1n) is 21.3. The van der Waals surface area contributed by atoms with Crippen LogP contribution in [0, 0.1) is 12.3 Å². The topological polar surface area (TPSA) is 38.3 Å². The van der Waals surface area contributed by atoms with E-state index in [1.807, 2.05) is 24.3 Å². The molecule has 2 heterocycles. The van der Waals surface area contributed by atoms with Crippen molar-refractivity contribution in [2.75, 3.05) is 0 Å². The molecule has 0 fully saturated rings. The van der Waals surface area contributed by atoms with E-state index in [9.17, 15) is 5.11 Å². The second-order valence-electron chi connectivity index (χ2n) is 17.3. The minimum absolute atomic E-state index is 0.0797. The number of terminal acetylenes is 1. The fraction of sp³-hybridized carbons (Fsp3) is 0.0847. The third-order valence-corrected chi connectivity index (χ3v) is 13.8. The molecule has 2 aromatic heterocycles. The number of benzene rings is 8. The average molecular weight is 796 g/mol. The predicted octanol–water partition coefficient (Wildman–Crippen LogP) is 14.8. The maximum atomic E-state index is 11.7. The molecule has 0 spiro atoms. The molecule has 0 aliphatic heterocycles. The zero-order valence-corrected chi connectivity index (χ0v) is 34.5. The molecule has 294 valence electrons. The number of para-hydroxylation sites is 3. The van der Waals surface area contributed by atoms with Gasteiger partial charge in [-0.05, 0) is 99.0 Å². The summed E-state index contributed by atoms with van der Waals surface area (Å²) in [6.45, 7) is 4.67. The number of rotatable bonds is 6. The minimum atomic E-state index is -0.676. The lowest BCUT2D eigenvalue weighted by molar-refractivity contribution is 0.454. The van der Waals surface area contributed by atoms with Crippen LogP contribution in [0.5, 0.6) is 5.75 Å². The Morgan fingerprint density at radius 1 is 0.597 bits per heavy atom. The van der Waals surface area contributed by atoms with Gasteiger partial charge in [0.05, 0.1) is 22.1 Å². The van der Waals surface area contributed by atoms with E-state index in [0.29, 0.717) is 6.42 Å². The van der Waals surface area contributed by atoms with Crippen LogP contribution in [0.3, 0.4) is 0 Å². The molecular formula is C59H41NO2. The fourth-order valence-electron chi connectivity index (χ4n) is 11.1. The normalized spacial score (nSPS) is 16.1. The van der Waals surface area contributed by atoms with Crippen molar-refractivity contribution in [3.63, 3.8) is 0 Å². The van der Waals surface area contributed by atoms with E-state index in [1.165, 1.54) is 33.2 Å². The van der Waals surface area contributed by atoms with Crippen LogP contribution >= 0.6 is 0 Å². The monoisotopic (exact) mass is 795 g/mol. The van der Waals surface area contributed by atoms with Crippen LogP contribution in [0.1, 0.15) is 48.1 Å². The predicted molar refractivity (Wildman–Crippen MR) is 256 cm³/mol. The van der Waals surface area contributed by atoms with Gasteiger partial charge in [-0.2, -0.15) is 0 Å². The van der Waals surface area contributed by atoms with Gasteiger partial charge in [0.2, 0.25) is 0 Å². The number of aromatic nitrogens is 1. The minimum Gasteiger partial charge on any atom is -0.508 e. The van der Waals surface area contributed by atoms with E-state index in [4.69, 9.17) is 10.8 Å². The van der Waals surface area contributed by atoms with Gasteiger partial charge in [0, 0.05) is 38.1 Å². The quantitative estimate of drug-likeness (QED) is 0.134. The Morgan fingerprint density at radius 2 is 1.31 bits per heavy atom. The Kier molecular flexibility index (Phi) is 7.77. The van der Waals surface area contributed by atoms with Crippen LogP contribution in [0.2, 0.25) is 0 Å². The van der Waals surface area contributed by atoms with Crippen LogP contribution in [-0.4, -0.2) is 9.67 Å². The molecule has 62 heavy (non-hydrogen) atoms. The van der Waals surface area contributed by atoms with Gasteiger partial charge in [-0.25, -0.2) is 0 Å². The summed E-state index contributed by atoms with van der Waals surface area (Å²) in [5, 5.41) is 16.2. The summed E-state index contributed by atoms with van der Waals surface area (Å²) in [7, 11) is 0. The van der Waals surface area contributed by atoms with E-state index in [1.54, 1.807) is 12.1 Å². The smallest absolute Gasteiger partial charge is 0.159 e. The lowest BCUT2D eigenvalue weighted by Crippen LogP contribution is -2.26. The highest BCUT2D eigenvalue weighted by Crippen LogP contribution is 2.59. The highest BCUT2D eigenvalue weighted by Gasteiger charge is 2.46. The molecule has 8 aromatic carbocycles. The van der Waals surface area contributed by atoms with Crippen molar-refractivity contribution in [3.05, 3.63) is 216 Å². The van der Waals surface area contributed by atoms with Gasteiger partial charge in [-0.3, -0.25) is 0 Å². The molecule has 2 aliphatic rings. The van der Waals surface area contributed by atoms with Gasteiger partial charge in [0.1, 0.15) is 11.3 Å². The Hall–Kier alpha value is -7.80. The number of nitrogens with zero attached hydrogens (tertiary/aromatic N) is 1. The number of furan rings is 1. The molecule has 1 atom stereocenters. The van der Waals surface area contributed by atoms with Gasteiger partial charge in [-0.15, -0.1) is 6.42 Å². The summed E-state index contributed by atoms with van der Waals surface area (Å²) in [4.78, 5) is 0. The first kappa shape index (κ1) is 36.1. The largest absolute Gasteiger partial charge is 0.508 e. The van der Waals surface area contributed by atoms with E-state index >= 15 is 0 Å². The summed E-state index contributed by atoms with van der Waals surface area (Å²) in [6.07, 6.45) is 13.9. The van der Waals surface area contributed by atoms with Crippen LogP contribution < -0.4 is 0 Å². The average Bonchev–Trinajstić information content (AvgIpc) is 4.00. The van der Waals surface area contributed by atoms with Crippen molar-refractivity contribution in [2.45, 2.75) is 31.1 Å². The van der Waals surface area contributed by atoms with Crippen molar-refractivity contribution in [1.82, 2.24) is 4.57 Å². The lowest BCUT2D eigenvalue weighted by atomic mass is 9.69. The molecule has 0 bridgehead atoms. The number of fused-ring (bicyclic) bond motifs is 13. The molecule has 10 aromatic rings. The van der Waals surface area contributed by atoms with Crippen LogP contribution in [-0.2, 0) is 10.8 Å². The van der Waals surface area contributed by atoms with E-state index in [2.05, 4.69) is 176 Å². The SMILES string of the molecule is C#C/C=C\C=C/CC1(c2ccccc2O)c2ccccc2-c2c1ccc1c3ccccc3n(-c3cccc4c3oc3ccc(-c5ccc6c(c5)C(C)(C)c5ccccc5-6)cc34)c21. The third kappa shape index (κ3) is 4.89. The first-order valence-corrected chi connectivity index (χ1v) is 21.3. The number of hydrogen-bond acceptors (Lipinski definition) is 2. The summed E-state index contributed by atoms with van der Waals surface area (Å²) in [6, 6.07) is 58.6.